The SMILES string of the molecule is COCC(=O)N1CCN(c2ccc(=O)n(-c3ccccc3)n2)CC1. The molecule has 0 spiro atoms. The summed E-state index contributed by atoms with van der Waals surface area (Å²) in [5, 5.41) is 4.47. The molecule has 0 atom stereocenters. The number of ether oxygens (including phenoxy) is 1. The highest BCUT2D eigenvalue weighted by Crippen LogP contribution is 2.13. The zero-order valence-corrected chi connectivity index (χ0v) is 13.6. The van der Waals surface area contributed by atoms with Gasteiger partial charge in [0, 0.05) is 39.4 Å². The Labute approximate surface area is 140 Å². The lowest BCUT2D eigenvalue weighted by Gasteiger charge is -2.35. The van der Waals surface area contributed by atoms with Crippen LogP contribution in [0, 0.1) is 0 Å². The van der Waals surface area contributed by atoms with Gasteiger partial charge >= 0.3 is 0 Å². The molecule has 24 heavy (non-hydrogen) atoms. The van der Waals surface area contributed by atoms with E-state index in [-0.39, 0.29) is 18.1 Å². The fourth-order valence-corrected chi connectivity index (χ4v) is 2.72. The van der Waals surface area contributed by atoms with Crippen molar-refractivity contribution in [2.75, 3.05) is 44.8 Å². The molecule has 0 saturated carbocycles. The zero-order valence-electron chi connectivity index (χ0n) is 13.6. The summed E-state index contributed by atoms with van der Waals surface area (Å²) in [6, 6.07) is 12.6. The standard InChI is InChI=1S/C17H20N4O3/c1-24-13-17(23)20-11-9-19(10-12-20)15-7-8-16(22)21(18-15)14-5-3-2-4-6-14/h2-8H,9-13H2,1H3. The first kappa shape index (κ1) is 16.2. The van der Waals surface area contributed by atoms with E-state index >= 15 is 0 Å². The summed E-state index contributed by atoms with van der Waals surface area (Å²) in [4.78, 5) is 27.8. The van der Waals surface area contributed by atoms with Gasteiger partial charge in [-0.15, -0.1) is 5.10 Å². The minimum atomic E-state index is -0.168. The van der Waals surface area contributed by atoms with Crippen molar-refractivity contribution in [3.63, 3.8) is 0 Å². The number of hydrogen-bond acceptors (Lipinski definition) is 5. The Hall–Kier alpha value is -2.67. The van der Waals surface area contributed by atoms with Crippen molar-refractivity contribution < 1.29 is 9.53 Å². The van der Waals surface area contributed by atoms with E-state index in [0.29, 0.717) is 26.2 Å². The molecular weight excluding hydrogens is 308 g/mol. The van der Waals surface area contributed by atoms with Crippen molar-refractivity contribution in [1.82, 2.24) is 14.7 Å². The smallest absolute Gasteiger partial charge is 0.271 e. The molecule has 1 aromatic carbocycles. The van der Waals surface area contributed by atoms with E-state index < -0.39 is 0 Å². The number of nitrogens with zero attached hydrogens (tertiary/aromatic N) is 4. The Morgan fingerprint density at radius 1 is 1.08 bits per heavy atom. The molecular formula is C17H20N4O3. The second kappa shape index (κ2) is 7.27. The van der Waals surface area contributed by atoms with Crippen molar-refractivity contribution in [1.29, 1.82) is 0 Å². The van der Waals surface area contributed by atoms with Gasteiger partial charge in [0.25, 0.3) is 5.56 Å². The second-order valence-electron chi connectivity index (χ2n) is 5.58. The maximum Gasteiger partial charge on any atom is 0.271 e. The summed E-state index contributed by atoms with van der Waals surface area (Å²) in [7, 11) is 1.52. The number of carbonyl (C=O) groups excluding carboxylic acids is 1. The number of piperazine rings is 1. The van der Waals surface area contributed by atoms with E-state index in [1.807, 2.05) is 30.3 Å². The fourth-order valence-electron chi connectivity index (χ4n) is 2.72. The number of benzene rings is 1. The molecule has 7 nitrogen and oxygen atoms in total. The largest absolute Gasteiger partial charge is 0.375 e. The number of amides is 1. The number of methoxy groups -OCH3 is 1. The molecule has 0 radical (unpaired) electrons. The number of rotatable bonds is 4. The van der Waals surface area contributed by atoms with Gasteiger partial charge in [0.2, 0.25) is 5.91 Å². The van der Waals surface area contributed by atoms with Crippen LogP contribution in [0.2, 0.25) is 0 Å². The third-order valence-electron chi connectivity index (χ3n) is 4.01. The summed E-state index contributed by atoms with van der Waals surface area (Å²) in [5.74, 6) is 0.733. The van der Waals surface area contributed by atoms with Gasteiger partial charge < -0.3 is 14.5 Å². The van der Waals surface area contributed by atoms with Crippen LogP contribution in [-0.2, 0) is 9.53 Å². The van der Waals surface area contributed by atoms with Crippen LogP contribution in [0.25, 0.3) is 5.69 Å². The molecule has 1 saturated heterocycles. The number of aromatic nitrogens is 2. The number of anilines is 1. The average Bonchev–Trinajstić information content (AvgIpc) is 2.63. The van der Waals surface area contributed by atoms with Crippen molar-refractivity contribution in [3.05, 3.63) is 52.8 Å². The third-order valence-corrected chi connectivity index (χ3v) is 4.01. The van der Waals surface area contributed by atoms with Crippen molar-refractivity contribution in [2.45, 2.75) is 0 Å². The Morgan fingerprint density at radius 2 is 1.79 bits per heavy atom. The molecule has 1 aromatic heterocycles. The predicted molar refractivity (Wildman–Crippen MR) is 90.5 cm³/mol. The van der Waals surface area contributed by atoms with E-state index in [4.69, 9.17) is 4.74 Å². The van der Waals surface area contributed by atoms with Crippen LogP contribution < -0.4 is 10.5 Å². The molecule has 2 heterocycles. The van der Waals surface area contributed by atoms with E-state index in [9.17, 15) is 9.59 Å². The average molecular weight is 328 g/mol. The molecule has 1 fully saturated rings. The lowest BCUT2D eigenvalue weighted by Crippen LogP contribution is -2.50. The minimum Gasteiger partial charge on any atom is -0.375 e. The zero-order chi connectivity index (χ0) is 16.9. The fraction of sp³-hybridized carbons (Fsp3) is 0.353. The normalized spacial score (nSPS) is 14.7. The van der Waals surface area contributed by atoms with Crippen LogP contribution in [0.1, 0.15) is 0 Å². The van der Waals surface area contributed by atoms with Crippen LogP contribution in [0.5, 0.6) is 0 Å². The van der Waals surface area contributed by atoms with Crippen LogP contribution in [0.4, 0.5) is 5.82 Å². The summed E-state index contributed by atoms with van der Waals surface area (Å²) in [6.45, 7) is 2.70. The van der Waals surface area contributed by atoms with E-state index in [2.05, 4.69) is 10.00 Å². The monoisotopic (exact) mass is 328 g/mol. The topological polar surface area (TPSA) is 67.7 Å². The molecule has 0 unspecified atom stereocenters. The Morgan fingerprint density at radius 3 is 2.46 bits per heavy atom. The molecule has 3 rings (SSSR count). The van der Waals surface area contributed by atoms with Crippen LogP contribution in [0.3, 0.4) is 0 Å². The van der Waals surface area contributed by atoms with Crippen molar-refractivity contribution >= 4 is 11.7 Å². The number of carbonyl (C=O) groups is 1. The van der Waals surface area contributed by atoms with Gasteiger partial charge in [-0.2, -0.15) is 4.68 Å². The first-order valence-electron chi connectivity index (χ1n) is 7.86. The summed E-state index contributed by atoms with van der Waals surface area (Å²) < 4.78 is 6.29. The van der Waals surface area contributed by atoms with Gasteiger partial charge in [0.15, 0.2) is 0 Å². The quantitative estimate of drug-likeness (QED) is 0.819. The summed E-state index contributed by atoms with van der Waals surface area (Å²) >= 11 is 0. The molecule has 1 aliphatic heterocycles. The molecule has 0 bridgehead atoms. The third kappa shape index (κ3) is 3.46. The first-order chi connectivity index (χ1) is 11.7. The lowest BCUT2D eigenvalue weighted by atomic mass is 10.3. The molecule has 126 valence electrons. The second-order valence-corrected chi connectivity index (χ2v) is 5.58. The van der Waals surface area contributed by atoms with Crippen LogP contribution >= 0.6 is 0 Å². The van der Waals surface area contributed by atoms with Gasteiger partial charge in [-0.05, 0) is 18.2 Å². The number of hydrogen-bond donors (Lipinski definition) is 0. The molecule has 0 N–H and O–H groups in total. The van der Waals surface area contributed by atoms with Gasteiger partial charge in [-0.3, -0.25) is 9.59 Å². The Kier molecular flexibility index (Phi) is 4.90. The summed E-state index contributed by atoms with van der Waals surface area (Å²) in [5.41, 5.74) is 0.567. The van der Waals surface area contributed by atoms with Gasteiger partial charge in [-0.25, -0.2) is 0 Å². The van der Waals surface area contributed by atoms with E-state index in [1.54, 1.807) is 11.0 Å². The van der Waals surface area contributed by atoms with Crippen molar-refractivity contribution in [3.8, 4) is 5.69 Å². The highest BCUT2D eigenvalue weighted by atomic mass is 16.5. The maximum atomic E-state index is 12.1. The molecule has 1 amide bonds. The number of para-hydroxylation sites is 1. The van der Waals surface area contributed by atoms with Crippen LogP contribution in [0.15, 0.2) is 47.3 Å². The molecule has 0 aliphatic carbocycles. The predicted octanol–water partition coefficient (Wildman–Crippen LogP) is 0.527. The summed E-state index contributed by atoms with van der Waals surface area (Å²) in [6.07, 6.45) is 0. The highest BCUT2D eigenvalue weighted by Gasteiger charge is 2.22. The van der Waals surface area contributed by atoms with Gasteiger partial charge in [0.1, 0.15) is 12.4 Å². The molecule has 2 aromatic rings. The molecule has 7 heteroatoms. The molecule has 1 aliphatic rings. The first-order valence-corrected chi connectivity index (χ1v) is 7.86. The van der Waals surface area contributed by atoms with Crippen LogP contribution in [-0.4, -0.2) is 60.5 Å². The Bertz CT molecular complexity index is 752. The van der Waals surface area contributed by atoms with Crippen molar-refractivity contribution in [2.24, 2.45) is 0 Å². The van der Waals surface area contributed by atoms with Gasteiger partial charge in [-0.1, -0.05) is 18.2 Å². The van der Waals surface area contributed by atoms with E-state index in [0.717, 1.165) is 11.5 Å². The highest BCUT2D eigenvalue weighted by molar-refractivity contribution is 5.77. The Balaban J connectivity index is 1.75. The minimum absolute atomic E-state index is 0.000588. The van der Waals surface area contributed by atoms with Gasteiger partial charge in [0.05, 0.1) is 5.69 Å². The maximum absolute atomic E-state index is 12.1. The lowest BCUT2D eigenvalue weighted by molar-refractivity contribution is -0.135. The van der Waals surface area contributed by atoms with E-state index in [1.165, 1.54) is 17.9 Å².